The highest BCUT2D eigenvalue weighted by atomic mass is 16.3. The third kappa shape index (κ3) is 3.62. The van der Waals surface area contributed by atoms with Gasteiger partial charge in [0.05, 0.1) is 5.69 Å². The van der Waals surface area contributed by atoms with E-state index in [1.807, 2.05) is 18.2 Å². The summed E-state index contributed by atoms with van der Waals surface area (Å²) in [4.78, 5) is 8.86. The maximum absolute atomic E-state index is 11.6. The molecule has 1 aromatic heterocycles. The lowest BCUT2D eigenvalue weighted by molar-refractivity contribution is -0.116. The lowest BCUT2D eigenvalue weighted by atomic mass is 9.66. The van der Waals surface area contributed by atoms with Crippen molar-refractivity contribution in [2.75, 3.05) is 41.3 Å². The molecule has 1 heterocycles. The predicted molar refractivity (Wildman–Crippen MR) is 86.1 cm³/mol. The van der Waals surface area contributed by atoms with E-state index < -0.39 is 5.60 Å². The molecule has 0 amide bonds. The molecule has 0 aromatic carbocycles. The summed E-state index contributed by atoms with van der Waals surface area (Å²) in [5, 5.41) is 11.6. The average molecular weight is 291 g/mol. The second-order valence-corrected chi connectivity index (χ2v) is 6.89. The molecule has 0 saturated heterocycles. The highest BCUT2D eigenvalue weighted by molar-refractivity contribution is 5.18. The fourth-order valence-electron chi connectivity index (χ4n) is 3.74. The summed E-state index contributed by atoms with van der Waals surface area (Å²) in [5.74, 6) is 0.474. The lowest BCUT2D eigenvalue weighted by Gasteiger charge is -2.47. The van der Waals surface area contributed by atoms with Crippen molar-refractivity contribution in [1.29, 1.82) is 0 Å². The van der Waals surface area contributed by atoms with Crippen molar-refractivity contribution < 1.29 is 5.11 Å². The monoisotopic (exact) mass is 291 g/mol. The average Bonchev–Trinajstić information content (AvgIpc) is 2.43. The predicted octanol–water partition coefficient (Wildman–Crippen LogP) is 1.81. The van der Waals surface area contributed by atoms with E-state index >= 15 is 0 Å². The van der Waals surface area contributed by atoms with Crippen LogP contribution in [0.2, 0.25) is 0 Å². The summed E-state index contributed by atoms with van der Waals surface area (Å²) in [7, 11) is 8.31. The fourth-order valence-corrected chi connectivity index (χ4v) is 3.74. The third-order valence-electron chi connectivity index (χ3n) is 4.60. The van der Waals surface area contributed by atoms with E-state index in [-0.39, 0.29) is 11.8 Å². The molecule has 1 N–H and O–H groups in total. The number of hydrogen-bond donors (Lipinski definition) is 1. The van der Waals surface area contributed by atoms with Gasteiger partial charge in [-0.25, -0.2) is 0 Å². The Morgan fingerprint density at radius 3 is 2.10 bits per heavy atom. The van der Waals surface area contributed by atoms with Gasteiger partial charge < -0.3 is 14.9 Å². The van der Waals surface area contributed by atoms with Crippen molar-refractivity contribution >= 4 is 0 Å². The molecule has 4 nitrogen and oxygen atoms in total. The van der Waals surface area contributed by atoms with Crippen LogP contribution in [0.3, 0.4) is 0 Å². The number of aromatic nitrogens is 1. The van der Waals surface area contributed by atoms with E-state index in [4.69, 9.17) is 0 Å². The first-order valence-electron chi connectivity index (χ1n) is 7.88. The Morgan fingerprint density at radius 1 is 1.10 bits per heavy atom. The number of aliphatic hydroxyl groups is 1. The summed E-state index contributed by atoms with van der Waals surface area (Å²) in [6, 6.07) is 5.88. The van der Waals surface area contributed by atoms with Gasteiger partial charge in [-0.05, 0) is 53.2 Å². The second-order valence-electron chi connectivity index (χ2n) is 6.89. The van der Waals surface area contributed by atoms with E-state index in [0.29, 0.717) is 0 Å². The van der Waals surface area contributed by atoms with E-state index in [9.17, 15) is 5.11 Å². The van der Waals surface area contributed by atoms with Gasteiger partial charge in [0, 0.05) is 31.1 Å². The van der Waals surface area contributed by atoms with E-state index in [1.165, 1.54) is 6.42 Å². The summed E-state index contributed by atoms with van der Waals surface area (Å²) < 4.78 is 0. The minimum absolute atomic E-state index is 0.237. The lowest BCUT2D eigenvalue weighted by Crippen LogP contribution is -2.52. The normalized spacial score (nSPS) is 30.0. The Hall–Kier alpha value is -0.970. The number of hydrogen-bond acceptors (Lipinski definition) is 4. The molecule has 1 aliphatic carbocycles. The van der Waals surface area contributed by atoms with Crippen LogP contribution >= 0.6 is 0 Å². The first-order valence-corrected chi connectivity index (χ1v) is 7.88. The minimum Gasteiger partial charge on any atom is -0.383 e. The molecule has 1 saturated carbocycles. The standard InChI is InChI=1S/C17H29N3O/c1-19(2)12-14-8-7-9-15(13-20(3)4)17(14,21)16-10-5-6-11-18-16/h5-6,10-11,14-15,21H,7-9,12-13H2,1-4H3. The molecule has 2 rings (SSSR count). The van der Waals surface area contributed by atoms with Gasteiger partial charge >= 0.3 is 0 Å². The molecule has 0 bridgehead atoms. The molecule has 21 heavy (non-hydrogen) atoms. The smallest absolute Gasteiger partial charge is 0.114 e. The molecular formula is C17H29N3O. The Labute approximate surface area is 128 Å². The number of pyridine rings is 1. The maximum Gasteiger partial charge on any atom is 0.114 e. The Balaban J connectivity index is 2.37. The second kappa shape index (κ2) is 6.86. The summed E-state index contributed by atoms with van der Waals surface area (Å²) >= 11 is 0. The van der Waals surface area contributed by atoms with Crippen LogP contribution in [-0.4, -0.2) is 61.2 Å². The molecule has 1 aromatic rings. The van der Waals surface area contributed by atoms with Gasteiger partial charge in [-0.3, -0.25) is 4.98 Å². The van der Waals surface area contributed by atoms with Gasteiger partial charge in [-0.15, -0.1) is 0 Å². The van der Waals surface area contributed by atoms with Gasteiger partial charge in [0.25, 0.3) is 0 Å². The van der Waals surface area contributed by atoms with Crippen molar-refractivity contribution in [3.63, 3.8) is 0 Å². The molecule has 2 atom stereocenters. The molecule has 0 aliphatic heterocycles. The molecule has 1 fully saturated rings. The van der Waals surface area contributed by atoms with Gasteiger partial charge in [0.2, 0.25) is 0 Å². The number of nitrogens with zero attached hydrogens (tertiary/aromatic N) is 3. The maximum atomic E-state index is 11.6. The molecule has 1 aliphatic rings. The van der Waals surface area contributed by atoms with Crippen LogP contribution in [0.25, 0.3) is 0 Å². The highest BCUT2D eigenvalue weighted by Crippen LogP contribution is 2.45. The first-order chi connectivity index (χ1) is 9.94. The number of rotatable bonds is 5. The van der Waals surface area contributed by atoms with E-state index in [0.717, 1.165) is 31.6 Å². The van der Waals surface area contributed by atoms with Crippen LogP contribution in [0, 0.1) is 11.8 Å². The Bertz CT molecular complexity index is 415. The Morgan fingerprint density at radius 2 is 1.67 bits per heavy atom. The molecular weight excluding hydrogens is 262 g/mol. The largest absolute Gasteiger partial charge is 0.383 e. The van der Waals surface area contributed by atoms with Crippen LogP contribution in [-0.2, 0) is 5.60 Å². The highest BCUT2D eigenvalue weighted by Gasteiger charge is 2.48. The van der Waals surface area contributed by atoms with Crippen molar-refractivity contribution in [1.82, 2.24) is 14.8 Å². The molecule has 0 spiro atoms. The van der Waals surface area contributed by atoms with Gasteiger partial charge in [0.15, 0.2) is 0 Å². The van der Waals surface area contributed by atoms with Crippen LogP contribution < -0.4 is 0 Å². The molecule has 4 heteroatoms. The summed E-state index contributed by atoms with van der Waals surface area (Å²) in [6.45, 7) is 1.80. The molecule has 2 unspecified atom stereocenters. The summed E-state index contributed by atoms with van der Waals surface area (Å²) in [5.41, 5.74) is 0.0111. The zero-order chi connectivity index (χ0) is 15.5. The zero-order valence-electron chi connectivity index (χ0n) is 13.8. The van der Waals surface area contributed by atoms with Crippen molar-refractivity contribution in [2.24, 2.45) is 11.8 Å². The van der Waals surface area contributed by atoms with E-state index in [2.05, 4.69) is 43.0 Å². The quantitative estimate of drug-likeness (QED) is 0.898. The van der Waals surface area contributed by atoms with Gasteiger partial charge in [-0.2, -0.15) is 0 Å². The van der Waals surface area contributed by atoms with Crippen LogP contribution in [0.15, 0.2) is 24.4 Å². The third-order valence-corrected chi connectivity index (χ3v) is 4.60. The minimum atomic E-state index is -0.825. The van der Waals surface area contributed by atoms with Crippen LogP contribution in [0.1, 0.15) is 25.0 Å². The SMILES string of the molecule is CN(C)CC1CCCC(CN(C)C)C1(O)c1ccccn1. The van der Waals surface area contributed by atoms with Gasteiger partial charge in [0.1, 0.15) is 5.60 Å². The Kier molecular flexibility index (Phi) is 5.36. The van der Waals surface area contributed by atoms with E-state index in [1.54, 1.807) is 6.20 Å². The van der Waals surface area contributed by atoms with Crippen molar-refractivity contribution in [3.8, 4) is 0 Å². The van der Waals surface area contributed by atoms with Crippen molar-refractivity contribution in [3.05, 3.63) is 30.1 Å². The van der Waals surface area contributed by atoms with Crippen LogP contribution in [0.4, 0.5) is 0 Å². The zero-order valence-corrected chi connectivity index (χ0v) is 13.8. The van der Waals surface area contributed by atoms with Gasteiger partial charge in [-0.1, -0.05) is 12.5 Å². The summed E-state index contributed by atoms with van der Waals surface area (Å²) in [6.07, 6.45) is 5.11. The van der Waals surface area contributed by atoms with Crippen LogP contribution in [0.5, 0.6) is 0 Å². The van der Waals surface area contributed by atoms with Crippen molar-refractivity contribution in [2.45, 2.75) is 24.9 Å². The molecule has 0 radical (unpaired) electrons. The molecule has 118 valence electrons. The first kappa shape index (κ1) is 16.4. The topological polar surface area (TPSA) is 39.6 Å². The fraction of sp³-hybridized carbons (Fsp3) is 0.706.